The van der Waals surface area contributed by atoms with Crippen LogP contribution in [-0.2, 0) is 5.41 Å². The lowest BCUT2D eigenvalue weighted by Gasteiger charge is -2.36. The first-order chi connectivity index (χ1) is 13.1. The number of phenols is 2. The highest BCUT2D eigenvalue weighted by Gasteiger charge is 2.53. The SMILES string of the molecule is Oc1ccc(-c2csc3nc(C45CC6CCCC(C4)C(C6)C5)cn23)cc1O. The van der Waals surface area contributed by atoms with Crippen LogP contribution in [0.15, 0.2) is 29.8 Å². The van der Waals surface area contributed by atoms with Crippen LogP contribution >= 0.6 is 11.3 Å². The average Bonchev–Trinajstić information content (AvgIpc) is 3.27. The predicted molar refractivity (Wildman–Crippen MR) is 106 cm³/mol. The molecule has 3 bridgehead atoms. The number of thiazole rings is 1. The van der Waals surface area contributed by atoms with Gasteiger partial charge in [0.2, 0.25) is 0 Å². The summed E-state index contributed by atoms with van der Waals surface area (Å²) in [5, 5.41) is 21.6. The van der Waals surface area contributed by atoms with Crippen molar-refractivity contribution in [1.29, 1.82) is 0 Å². The average molecular weight is 381 g/mol. The summed E-state index contributed by atoms with van der Waals surface area (Å²) < 4.78 is 2.18. The van der Waals surface area contributed by atoms with Gasteiger partial charge in [0, 0.05) is 22.6 Å². The number of hydrogen-bond acceptors (Lipinski definition) is 4. The van der Waals surface area contributed by atoms with E-state index in [-0.39, 0.29) is 11.5 Å². The lowest BCUT2D eigenvalue weighted by Crippen LogP contribution is -2.31. The maximum atomic E-state index is 9.89. The van der Waals surface area contributed by atoms with E-state index in [4.69, 9.17) is 4.98 Å². The van der Waals surface area contributed by atoms with Crippen molar-refractivity contribution in [3.8, 4) is 22.8 Å². The van der Waals surface area contributed by atoms with Gasteiger partial charge in [0.05, 0.1) is 11.4 Å². The fourth-order valence-electron chi connectivity index (χ4n) is 6.40. The van der Waals surface area contributed by atoms with E-state index in [9.17, 15) is 10.2 Å². The van der Waals surface area contributed by atoms with E-state index < -0.39 is 0 Å². The molecule has 3 aromatic rings. The Morgan fingerprint density at radius 3 is 2.85 bits per heavy atom. The van der Waals surface area contributed by atoms with Crippen molar-refractivity contribution in [1.82, 2.24) is 9.38 Å². The highest BCUT2D eigenvalue weighted by Crippen LogP contribution is 2.60. The minimum Gasteiger partial charge on any atom is -0.504 e. The summed E-state index contributed by atoms with van der Waals surface area (Å²) in [6, 6.07) is 5.03. The van der Waals surface area contributed by atoms with Crippen LogP contribution in [0.4, 0.5) is 0 Å². The van der Waals surface area contributed by atoms with Crippen molar-refractivity contribution in [2.75, 3.05) is 0 Å². The smallest absolute Gasteiger partial charge is 0.194 e. The van der Waals surface area contributed by atoms with Gasteiger partial charge in [-0.25, -0.2) is 4.98 Å². The number of hydrogen-bond donors (Lipinski definition) is 2. The Bertz CT molecular complexity index is 1030. The van der Waals surface area contributed by atoms with E-state index >= 15 is 0 Å². The monoisotopic (exact) mass is 380 g/mol. The fraction of sp³-hybridized carbons (Fsp3) is 0.500. The Morgan fingerprint density at radius 2 is 1.96 bits per heavy atom. The first-order valence-electron chi connectivity index (χ1n) is 10.1. The van der Waals surface area contributed by atoms with Gasteiger partial charge in [0.15, 0.2) is 16.5 Å². The zero-order chi connectivity index (χ0) is 18.2. The molecule has 3 aliphatic rings. The quantitative estimate of drug-likeness (QED) is 0.591. The second kappa shape index (κ2) is 5.51. The zero-order valence-electron chi connectivity index (χ0n) is 15.3. The molecule has 0 amide bonds. The molecule has 3 saturated carbocycles. The number of aromatic nitrogens is 2. The highest BCUT2D eigenvalue weighted by molar-refractivity contribution is 7.15. The molecule has 4 nitrogen and oxygen atoms in total. The molecule has 27 heavy (non-hydrogen) atoms. The van der Waals surface area contributed by atoms with E-state index in [1.54, 1.807) is 23.5 Å². The van der Waals surface area contributed by atoms with E-state index in [1.807, 2.05) is 6.07 Å². The van der Waals surface area contributed by atoms with Gasteiger partial charge in [-0.3, -0.25) is 4.40 Å². The van der Waals surface area contributed by atoms with Crippen molar-refractivity contribution in [3.05, 3.63) is 35.5 Å². The molecule has 3 aliphatic carbocycles. The van der Waals surface area contributed by atoms with Crippen molar-refractivity contribution >= 4 is 16.3 Å². The molecule has 4 unspecified atom stereocenters. The van der Waals surface area contributed by atoms with Gasteiger partial charge in [-0.1, -0.05) is 19.3 Å². The van der Waals surface area contributed by atoms with Crippen molar-refractivity contribution in [2.45, 2.75) is 50.4 Å². The molecule has 4 atom stereocenters. The third-order valence-electron chi connectivity index (χ3n) is 7.50. The van der Waals surface area contributed by atoms with Gasteiger partial charge >= 0.3 is 0 Å². The summed E-state index contributed by atoms with van der Waals surface area (Å²) in [5.74, 6) is 2.56. The summed E-state index contributed by atoms with van der Waals surface area (Å²) in [7, 11) is 0. The van der Waals surface area contributed by atoms with E-state index in [2.05, 4.69) is 16.0 Å². The summed E-state index contributed by atoms with van der Waals surface area (Å²) in [5.41, 5.74) is 3.52. The third-order valence-corrected chi connectivity index (χ3v) is 8.34. The number of aromatic hydroxyl groups is 2. The van der Waals surface area contributed by atoms with Gasteiger partial charge in [-0.2, -0.15) is 0 Å². The molecule has 5 heteroatoms. The van der Waals surface area contributed by atoms with Gasteiger partial charge < -0.3 is 10.2 Å². The number of benzene rings is 1. The predicted octanol–water partition coefficient (Wildman–Crippen LogP) is 5.33. The van der Waals surface area contributed by atoms with Gasteiger partial charge in [-0.05, 0) is 61.6 Å². The molecule has 0 aliphatic heterocycles. The summed E-state index contributed by atoms with van der Waals surface area (Å²) in [6.45, 7) is 0. The van der Waals surface area contributed by atoms with Crippen LogP contribution in [0.1, 0.15) is 50.6 Å². The molecule has 140 valence electrons. The van der Waals surface area contributed by atoms with E-state index in [0.29, 0.717) is 5.41 Å². The Kier molecular flexibility index (Phi) is 3.26. The second-order valence-electron chi connectivity index (χ2n) is 9.05. The summed E-state index contributed by atoms with van der Waals surface area (Å²) >= 11 is 1.66. The maximum Gasteiger partial charge on any atom is 0.194 e. The van der Waals surface area contributed by atoms with Crippen LogP contribution in [0.3, 0.4) is 0 Å². The van der Waals surface area contributed by atoms with E-state index in [1.165, 1.54) is 50.6 Å². The first kappa shape index (κ1) is 16.0. The molecule has 1 aromatic carbocycles. The largest absolute Gasteiger partial charge is 0.504 e. The Morgan fingerprint density at radius 1 is 1.07 bits per heavy atom. The minimum atomic E-state index is -0.0822. The number of phenolic OH excluding ortho intramolecular Hbond substituents is 2. The fourth-order valence-corrected chi connectivity index (χ4v) is 7.28. The summed E-state index contributed by atoms with van der Waals surface area (Å²) in [4.78, 5) is 6.12. The van der Waals surface area contributed by atoms with Crippen LogP contribution < -0.4 is 0 Å². The van der Waals surface area contributed by atoms with Crippen molar-refractivity contribution < 1.29 is 10.2 Å². The van der Waals surface area contributed by atoms with Gasteiger partial charge in [-0.15, -0.1) is 11.3 Å². The standard InChI is InChI=1S/C22H24N2O2S/c25-18-5-4-14(7-19(18)26)17-12-27-21-23-20(11-24(17)21)22-8-13-2-1-3-15(9-22)16(6-13)10-22/h4-5,7,11-13,15-16,25-26H,1-3,6,8-10H2. The molecule has 0 radical (unpaired) electrons. The second-order valence-corrected chi connectivity index (χ2v) is 9.89. The van der Waals surface area contributed by atoms with E-state index in [0.717, 1.165) is 34.0 Å². The molecule has 0 spiro atoms. The van der Waals surface area contributed by atoms with Crippen molar-refractivity contribution in [2.24, 2.45) is 17.8 Å². The molecule has 2 aromatic heterocycles. The normalized spacial score (nSPS) is 32.2. The van der Waals surface area contributed by atoms with Crippen LogP contribution in [-0.4, -0.2) is 19.6 Å². The molecule has 2 N–H and O–H groups in total. The molecule has 3 fully saturated rings. The maximum absolute atomic E-state index is 9.89. The lowest BCUT2D eigenvalue weighted by atomic mass is 9.68. The molecular weight excluding hydrogens is 356 g/mol. The number of rotatable bonds is 2. The highest BCUT2D eigenvalue weighted by atomic mass is 32.1. The minimum absolute atomic E-state index is 0.0791. The van der Waals surface area contributed by atoms with Gasteiger partial charge in [0.1, 0.15) is 0 Å². The first-order valence-corrected chi connectivity index (χ1v) is 11.0. The van der Waals surface area contributed by atoms with Crippen LogP contribution in [0.25, 0.3) is 16.2 Å². The molecule has 6 rings (SSSR count). The Labute approximate surface area is 162 Å². The third kappa shape index (κ3) is 2.30. The number of nitrogens with zero attached hydrogens (tertiary/aromatic N) is 2. The molecular formula is C22H24N2O2S. The van der Waals surface area contributed by atoms with Crippen molar-refractivity contribution in [3.63, 3.8) is 0 Å². The summed E-state index contributed by atoms with van der Waals surface area (Å²) in [6.07, 6.45) is 11.9. The van der Waals surface area contributed by atoms with Crippen LogP contribution in [0.5, 0.6) is 11.5 Å². The topological polar surface area (TPSA) is 57.8 Å². The molecule has 2 heterocycles. The zero-order valence-corrected chi connectivity index (χ0v) is 16.1. The Hall–Kier alpha value is -2.01. The molecule has 0 saturated heterocycles. The number of imidazole rings is 1. The van der Waals surface area contributed by atoms with Crippen LogP contribution in [0, 0.1) is 17.8 Å². The van der Waals surface area contributed by atoms with Crippen LogP contribution in [0.2, 0.25) is 0 Å². The Balaban J connectivity index is 1.43. The lowest BCUT2D eigenvalue weighted by molar-refractivity contribution is 0.215. The van der Waals surface area contributed by atoms with Gasteiger partial charge in [0.25, 0.3) is 0 Å². The number of fused-ring (bicyclic) bond motifs is 3.